The van der Waals surface area contributed by atoms with Gasteiger partial charge in [0.15, 0.2) is 5.76 Å². The summed E-state index contributed by atoms with van der Waals surface area (Å²) in [6, 6.07) is 12.7. The molecule has 22 heavy (non-hydrogen) atoms. The van der Waals surface area contributed by atoms with Crippen molar-refractivity contribution in [1.82, 2.24) is 10.2 Å². The van der Waals surface area contributed by atoms with Crippen molar-refractivity contribution in [2.45, 2.75) is 10.1 Å². The van der Waals surface area contributed by atoms with Gasteiger partial charge in [0, 0.05) is 0 Å². The van der Waals surface area contributed by atoms with Crippen LogP contribution in [0.15, 0.2) is 57.5 Å². The highest BCUT2D eigenvalue weighted by molar-refractivity contribution is 7.86. The molecule has 2 aromatic heterocycles. The van der Waals surface area contributed by atoms with Crippen LogP contribution in [0.3, 0.4) is 0 Å². The van der Waals surface area contributed by atoms with Gasteiger partial charge < -0.3 is 4.42 Å². The molecule has 112 valence electrons. The van der Waals surface area contributed by atoms with Crippen molar-refractivity contribution in [3.8, 4) is 0 Å². The summed E-state index contributed by atoms with van der Waals surface area (Å²) in [6.07, 6.45) is 1.41. The van der Waals surface area contributed by atoms with E-state index in [1.165, 1.54) is 6.26 Å². The molecule has 1 amide bonds. The van der Waals surface area contributed by atoms with Gasteiger partial charge in [0.05, 0.1) is 22.8 Å². The second kappa shape index (κ2) is 6.63. The molecule has 3 aromatic rings. The van der Waals surface area contributed by atoms with E-state index in [4.69, 9.17) is 4.42 Å². The van der Waals surface area contributed by atoms with Gasteiger partial charge in [-0.25, -0.2) is 0 Å². The predicted octanol–water partition coefficient (Wildman–Crippen LogP) is 2.69. The van der Waals surface area contributed by atoms with Crippen LogP contribution in [0.4, 0.5) is 5.13 Å². The number of nitrogens with zero attached hydrogens (tertiary/aromatic N) is 2. The predicted molar refractivity (Wildman–Crippen MR) is 83.1 cm³/mol. The summed E-state index contributed by atoms with van der Waals surface area (Å²) in [7, 11) is -1.29. The fourth-order valence-electron chi connectivity index (χ4n) is 1.71. The Morgan fingerprint density at radius 3 is 2.73 bits per heavy atom. The number of amides is 1. The Labute approximate surface area is 132 Å². The highest BCUT2D eigenvalue weighted by atomic mass is 32.2. The monoisotopic (exact) mass is 333 g/mol. The van der Waals surface area contributed by atoms with Gasteiger partial charge in [-0.2, -0.15) is 0 Å². The number of carbonyl (C=O) groups is 1. The van der Waals surface area contributed by atoms with Crippen LogP contribution < -0.4 is 5.32 Å². The van der Waals surface area contributed by atoms with Gasteiger partial charge in [-0.3, -0.25) is 14.3 Å². The third-order valence-corrected chi connectivity index (χ3v) is 5.21. The van der Waals surface area contributed by atoms with Gasteiger partial charge in [0.2, 0.25) is 9.47 Å². The molecular weight excluding hydrogens is 322 g/mol. The molecule has 0 fully saturated rings. The molecule has 0 spiro atoms. The largest absolute Gasteiger partial charge is 0.459 e. The van der Waals surface area contributed by atoms with E-state index in [-0.39, 0.29) is 10.9 Å². The number of aromatic nitrogens is 2. The van der Waals surface area contributed by atoms with Crippen LogP contribution in [0.2, 0.25) is 0 Å². The van der Waals surface area contributed by atoms with Crippen LogP contribution in [0.25, 0.3) is 0 Å². The minimum Gasteiger partial charge on any atom is -0.459 e. The summed E-state index contributed by atoms with van der Waals surface area (Å²) in [4.78, 5) is 11.8. The fourth-order valence-corrected chi connectivity index (χ4v) is 3.71. The summed E-state index contributed by atoms with van der Waals surface area (Å²) >= 11 is 1.09. The number of carbonyl (C=O) groups excluding carboxylic acids is 1. The molecule has 0 radical (unpaired) electrons. The smallest absolute Gasteiger partial charge is 0.293 e. The number of anilines is 1. The molecule has 3 rings (SSSR count). The number of rotatable bonds is 5. The van der Waals surface area contributed by atoms with Crippen LogP contribution >= 0.6 is 11.3 Å². The van der Waals surface area contributed by atoms with E-state index in [1.807, 2.05) is 30.3 Å². The SMILES string of the molecule is O=C(Nc1nnc(S(=O)Cc2ccccc2)s1)c1ccco1. The quantitative estimate of drug-likeness (QED) is 0.726. The summed E-state index contributed by atoms with van der Waals surface area (Å²) in [5.41, 5.74) is 0.956. The highest BCUT2D eigenvalue weighted by Gasteiger charge is 2.15. The van der Waals surface area contributed by atoms with E-state index in [1.54, 1.807) is 12.1 Å². The zero-order valence-corrected chi connectivity index (χ0v) is 12.9. The van der Waals surface area contributed by atoms with Crippen molar-refractivity contribution in [2.75, 3.05) is 5.32 Å². The zero-order valence-electron chi connectivity index (χ0n) is 11.3. The third-order valence-electron chi connectivity index (χ3n) is 2.71. The maximum absolute atomic E-state index is 12.2. The first-order valence-corrected chi connectivity index (χ1v) is 8.46. The van der Waals surface area contributed by atoms with E-state index in [0.29, 0.717) is 10.1 Å². The lowest BCUT2D eigenvalue weighted by Crippen LogP contribution is -2.10. The van der Waals surface area contributed by atoms with E-state index < -0.39 is 16.7 Å². The maximum atomic E-state index is 12.2. The van der Waals surface area contributed by atoms with Crippen molar-refractivity contribution >= 4 is 33.2 Å². The molecule has 0 bridgehead atoms. The van der Waals surface area contributed by atoms with Crippen LogP contribution in [-0.2, 0) is 16.6 Å². The lowest BCUT2D eigenvalue weighted by molar-refractivity contribution is 0.0996. The van der Waals surface area contributed by atoms with Crippen LogP contribution in [0, 0.1) is 0 Å². The van der Waals surface area contributed by atoms with Crippen LogP contribution in [-0.4, -0.2) is 20.3 Å². The molecule has 0 aliphatic heterocycles. The molecule has 0 saturated carbocycles. The molecule has 0 saturated heterocycles. The average Bonchev–Trinajstić information content (AvgIpc) is 3.19. The Balaban J connectivity index is 1.66. The molecule has 1 N–H and O–H groups in total. The summed E-state index contributed by atoms with van der Waals surface area (Å²) in [6.45, 7) is 0. The number of benzene rings is 1. The van der Waals surface area contributed by atoms with E-state index in [2.05, 4.69) is 15.5 Å². The molecular formula is C14H11N3O3S2. The molecule has 0 aliphatic rings. The Morgan fingerprint density at radius 1 is 1.18 bits per heavy atom. The van der Waals surface area contributed by atoms with Gasteiger partial charge in [-0.05, 0) is 17.7 Å². The second-order valence-corrected chi connectivity index (χ2v) is 6.88. The van der Waals surface area contributed by atoms with E-state index >= 15 is 0 Å². The van der Waals surface area contributed by atoms with Crippen LogP contribution in [0.1, 0.15) is 16.1 Å². The first-order valence-electron chi connectivity index (χ1n) is 6.33. The summed E-state index contributed by atoms with van der Waals surface area (Å²) in [5, 5.41) is 10.6. The molecule has 2 heterocycles. The molecule has 0 aliphatic carbocycles. The minimum atomic E-state index is -1.29. The number of nitrogens with one attached hydrogen (secondary N) is 1. The molecule has 1 atom stereocenters. The third kappa shape index (κ3) is 3.46. The Bertz CT molecular complexity index is 785. The zero-order chi connectivity index (χ0) is 15.4. The van der Waals surface area contributed by atoms with E-state index in [9.17, 15) is 9.00 Å². The molecule has 6 nitrogen and oxygen atoms in total. The maximum Gasteiger partial charge on any atom is 0.293 e. The van der Waals surface area contributed by atoms with Crippen molar-refractivity contribution in [2.24, 2.45) is 0 Å². The number of hydrogen-bond donors (Lipinski definition) is 1. The van der Waals surface area contributed by atoms with Crippen molar-refractivity contribution in [3.63, 3.8) is 0 Å². The summed E-state index contributed by atoms with van der Waals surface area (Å²) < 4.78 is 17.6. The standard InChI is InChI=1S/C14H11N3O3S2/c18-12(11-7-4-8-20-11)15-13-16-17-14(21-13)22(19)9-10-5-2-1-3-6-10/h1-8H,9H2,(H,15,16,18). The van der Waals surface area contributed by atoms with Crippen molar-refractivity contribution in [3.05, 3.63) is 60.1 Å². The lowest BCUT2D eigenvalue weighted by Gasteiger charge is -1.98. The van der Waals surface area contributed by atoms with Crippen molar-refractivity contribution < 1.29 is 13.4 Å². The fraction of sp³-hybridized carbons (Fsp3) is 0.0714. The van der Waals surface area contributed by atoms with Crippen LogP contribution in [0.5, 0.6) is 0 Å². The van der Waals surface area contributed by atoms with Gasteiger partial charge >= 0.3 is 0 Å². The summed E-state index contributed by atoms with van der Waals surface area (Å²) in [5.74, 6) is 0.130. The Hall–Kier alpha value is -2.32. The molecule has 8 heteroatoms. The molecule has 1 aromatic carbocycles. The van der Waals surface area contributed by atoms with Crippen molar-refractivity contribution in [1.29, 1.82) is 0 Å². The highest BCUT2D eigenvalue weighted by Crippen LogP contribution is 2.21. The molecule has 1 unspecified atom stereocenters. The lowest BCUT2D eigenvalue weighted by atomic mass is 10.2. The average molecular weight is 333 g/mol. The topological polar surface area (TPSA) is 85.1 Å². The van der Waals surface area contributed by atoms with Gasteiger partial charge in [-0.15, -0.1) is 10.2 Å². The minimum absolute atomic E-state index is 0.183. The van der Waals surface area contributed by atoms with Gasteiger partial charge in [0.25, 0.3) is 5.91 Å². The Kier molecular flexibility index (Phi) is 4.40. The number of furan rings is 1. The number of hydrogen-bond acceptors (Lipinski definition) is 6. The second-order valence-electron chi connectivity index (χ2n) is 4.28. The Morgan fingerprint density at radius 2 is 2.00 bits per heavy atom. The first-order chi connectivity index (χ1) is 10.7. The van der Waals surface area contributed by atoms with E-state index in [0.717, 1.165) is 16.9 Å². The van der Waals surface area contributed by atoms with Gasteiger partial charge in [-0.1, -0.05) is 41.7 Å². The van der Waals surface area contributed by atoms with Gasteiger partial charge in [0.1, 0.15) is 0 Å². The first kappa shape index (κ1) is 14.6. The normalized spacial score (nSPS) is 12.0.